The summed E-state index contributed by atoms with van der Waals surface area (Å²) in [6.07, 6.45) is 0. The largest absolute Gasteiger partial charge is 0.545 e. The third-order valence-corrected chi connectivity index (χ3v) is 1.78. The van der Waals surface area contributed by atoms with Crippen LogP contribution in [0.3, 0.4) is 0 Å². The third kappa shape index (κ3) is 2.32. The maximum atomic E-state index is 10.7. The second kappa shape index (κ2) is 3.91. The highest BCUT2D eigenvalue weighted by Gasteiger charge is 2.01. The molecule has 14 heavy (non-hydrogen) atoms. The average molecular weight is 192 g/mol. The van der Waals surface area contributed by atoms with Crippen LogP contribution in [0.5, 0.6) is 0 Å². The summed E-state index contributed by atoms with van der Waals surface area (Å²) in [5.74, 6) is -1.48. The predicted molar refractivity (Wildman–Crippen MR) is 49.8 cm³/mol. The lowest BCUT2D eigenvalue weighted by Gasteiger charge is -2.09. The quantitative estimate of drug-likeness (QED) is 0.733. The molecule has 74 valence electrons. The number of benzene rings is 1. The van der Waals surface area contributed by atoms with Gasteiger partial charge in [0.2, 0.25) is 5.91 Å². The fourth-order valence-electron chi connectivity index (χ4n) is 1.12. The number of carboxylic acids is 1. The maximum absolute atomic E-state index is 10.7. The van der Waals surface area contributed by atoms with Crippen molar-refractivity contribution in [3.05, 3.63) is 29.3 Å². The molecule has 0 saturated carbocycles. The van der Waals surface area contributed by atoms with E-state index < -0.39 is 5.97 Å². The smallest absolute Gasteiger partial charge is 0.221 e. The van der Waals surface area contributed by atoms with Gasteiger partial charge in [0.25, 0.3) is 0 Å². The Balaban J connectivity index is 3.06. The van der Waals surface area contributed by atoms with Crippen molar-refractivity contribution < 1.29 is 14.7 Å². The van der Waals surface area contributed by atoms with Crippen LogP contribution in [0.15, 0.2) is 18.2 Å². The van der Waals surface area contributed by atoms with E-state index in [1.165, 1.54) is 13.0 Å². The van der Waals surface area contributed by atoms with Gasteiger partial charge in [-0.15, -0.1) is 0 Å². The van der Waals surface area contributed by atoms with Gasteiger partial charge in [-0.1, -0.05) is 6.07 Å². The zero-order chi connectivity index (χ0) is 10.7. The Labute approximate surface area is 81.6 Å². The lowest BCUT2D eigenvalue weighted by molar-refractivity contribution is -0.255. The number of anilines is 1. The number of carboxylic acid groups (broad SMARTS) is 1. The molecule has 0 atom stereocenters. The van der Waals surface area contributed by atoms with Crippen molar-refractivity contribution in [3.8, 4) is 0 Å². The summed E-state index contributed by atoms with van der Waals surface area (Å²) in [5.41, 5.74) is 1.16. The maximum Gasteiger partial charge on any atom is 0.221 e. The molecule has 0 aromatic heterocycles. The van der Waals surface area contributed by atoms with E-state index in [1.807, 2.05) is 0 Å². The average Bonchev–Trinajstić information content (AvgIpc) is 2.07. The van der Waals surface area contributed by atoms with E-state index >= 15 is 0 Å². The molecule has 0 heterocycles. The summed E-state index contributed by atoms with van der Waals surface area (Å²) < 4.78 is 0. The minimum absolute atomic E-state index is 0.0938. The molecule has 0 bridgehead atoms. The zero-order valence-corrected chi connectivity index (χ0v) is 7.96. The predicted octanol–water partition coefficient (Wildman–Crippen LogP) is 0.317. The van der Waals surface area contributed by atoms with Crippen molar-refractivity contribution in [1.82, 2.24) is 0 Å². The lowest BCUT2D eigenvalue weighted by Crippen LogP contribution is -2.23. The van der Waals surface area contributed by atoms with Gasteiger partial charge in [0, 0.05) is 18.2 Å². The summed E-state index contributed by atoms with van der Waals surface area (Å²) >= 11 is 0. The number of nitrogens with one attached hydrogen (secondary N) is 1. The Morgan fingerprint density at radius 2 is 2.00 bits per heavy atom. The van der Waals surface area contributed by atoms with E-state index in [9.17, 15) is 14.7 Å². The molecule has 1 amide bonds. The Kier molecular flexibility index (Phi) is 2.86. The van der Waals surface area contributed by atoms with Crippen molar-refractivity contribution >= 4 is 17.6 Å². The van der Waals surface area contributed by atoms with Crippen LogP contribution in [0, 0.1) is 6.92 Å². The number of rotatable bonds is 2. The highest BCUT2D eigenvalue weighted by atomic mass is 16.4. The fourth-order valence-corrected chi connectivity index (χ4v) is 1.12. The van der Waals surface area contributed by atoms with E-state index in [1.54, 1.807) is 19.1 Å². The first-order chi connectivity index (χ1) is 6.50. The van der Waals surface area contributed by atoms with Crippen LogP contribution in [0.2, 0.25) is 0 Å². The third-order valence-electron chi connectivity index (χ3n) is 1.78. The minimum atomic E-state index is -1.24. The number of hydrogen-bond acceptors (Lipinski definition) is 3. The van der Waals surface area contributed by atoms with Crippen molar-refractivity contribution in [2.75, 3.05) is 5.32 Å². The molecule has 1 rings (SSSR count). The molecule has 0 radical (unpaired) electrons. The molecule has 0 saturated heterocycles. The van der Waals surface area contributed by atoms with Crippen LogP contribution in [0.4, 0.5) is 5.69 Å². The van der Waals surface area contributed by atoms with Crippen LogP contribution in [-0.2, 0) is 4.79 Å². The number of amides is 1. The van der Waals surface area contributed by atoms with E-state index in [-0.39, 0.29) is 11.5 Å². The van der Waals surface area contributed by atoms with Crippen molar-refractivity contribution in [2.45, 2.75) is 13.8 Å². The molecule has 4 heteroatoms. The summed E-state index contributed by atoms with van der Waals surface area (Å²) in [6.45, 7) is 3.03. The summed E-state index contributed by atoms with van der Waals surface area (Å²) in [7, 11) is 0. The molecule has 1 aromatic rings. The Morgan fingerprint density at radius 1 is 1.36 bits per heavy atom. The zero-order valence-electron chi connectivity index (χ0n) is 7.96. The summed E-state index contributed by atoms with van der Waals surface area (Å²) in [5, 5.41) is 13.1. The van der Waals surface area contributed by atoms with Gasteiger partial charge in [-0.05, 0) is 24.6 Å². The van der Waals surface area contributed by atoms with Gasteiger partial charge in [-0.2, -0.15) is 0 Å². The van der Waals surface area contributed by atoms with Crippen LogP contribution >= 0.6 is 0 Å². The Hall–Kier alpha value is -1.84. The fraction of sp³-hybridized carbons (Fsp3) is 0.200. The topological polar surface area (TPSA) is 69.2 Å². The molecule has 0 fully saturated rings. The molecule has 1 aromatic carbocycles. The first-order valence-electron chi connectivity index (χ1n) is 4.10. The van der Waals surface area contributed by atoms with Crippen molar-refractivity contribution in [3.63, 3.8) is 0 Å². The summed E-state index contributed by atoms with van der Waals surface area (Å²) in [4.78, 5) is 21.3. The molecule has 0 spiro atoms. The summed E-state index contributed by atoms with van der Waals surface area (Å²) in [6, 6.07) is 4.64. The normalized spacial score (nSPS) is 9.57. The second-order valence-electron chi connectivity index (χ2n) is 3.00. The van der Waals surface area contributed by atoms with E-state index in [0.29, 0.717) is 11.3 Å². The van der Waals surface area contributed by atoms with Gasteiger partial charge in [-0.3, -0.25) is 4.79 Å². The number of hydrogen-bond donors (Lipinski definition) is 1. The monoisotopic (exact) mass is 192 g/mol. The van der Waals surface area contributed by atoms with E-state index in [2.05, 4.69) is 5.32 Å². The van der Waals surface area contributed by atoms with Gasteiger partial charge in [0.1, 0.15) is 0 Å². The van der Waals surface area contributed by atoms with Gasteiger partial charge >= 0.3 is 0 Å². The van der Waals surface area contributed by atoms with Gasteiger partial charge < -0.3 is 15.2 Å². The van der Waals surface area contributed by atoms with Crippen LogP contribution in [0.25, 0.3) is 0 Å². The van der Waals surface area contributed by atoms with E-state index in [0.717, 1.165) is 0 Å². The molecule has 1 N–H and O–H groups in total. The number of carbonyl (C=O) groups excluding carboxylic acids is 2. The lowest BCUT2D eigenvalue weighted by atomic mass is 10.1. The molecule has 4 nitrogen and oxygen atoms in total. The van der Waals surface area contributed by atoms with Gasteiger partial charge in [0.15, 0.2) is 0 Å². The van der Waals surface area contributed by atoms with Crippen molar-refractivity contribution in [1.29, 1.82) is 0 Å². The molecule has 0 aliphatic rings. The number of carbonyl (C=O) groups is 2. The first-order valence-corrected chi connectivity index (χ1v) is 4.10. The van der Waals surface area contributed by atoms with Crippen LogP contribution in [-0.4, -0.2) is 11.9 Å². The molecule has 0 aliphatic heterocycles. The molecule has 0 aliphatic carbocycles. The molecular weight excluding hydrogens is 182 g/mol. The van der Waals surface area contributed by atoms with Crippen LogP contribution < -0.4 is 10.4 Å². The first kappa shape index (κ1) is 10.2. The highest BCUT2D eigenvalue weighted by Crippen LogP contribution is 2.14. The minimum Gasteiger partial charge on any atom is -0.545 e. The number of aromatic carboxylic acids is 1. The second-order valence-corrected chi connectivity index (χ2v) is 3.00. The standard InChI is InChI=1S/C10H11NO3/c1-6-3-4-8(11-7(2)12)5-9(6)10(13)14/h3-5H,1-2H3,(H,11,12)(H,13,14)/p-1. The van der Waals surface area contributed by atoms with Crippen molar-refractivity contribution in [2.24, 2.45) is 0 Å². The van der Waals surface area contributed by atoms with Gasteiger partial charge in [-0.25, -0.2) is 0 Å². The Bertz CT molecular complexity index is 385. The Morgan fingerprint density at radius 3 is 2.50 bits per heavy atom. The highest BCUT2D eigenvalue weighted by molar-refractivity contribution is 5.93. The molecular formula is C10H10NO3-. The van der Waals surface area contributed by atoms with Crippen LogP contribution in [0.1, 0.15) is 22.8 Å². The number of aryl methyl sites for hydroxylation is 1. The van der Waals surface area contributed by atoms with E-state index in [4.69, 9.17) is 0 Å². The molecule has 0 unspecified atom stereocenters. The SMILES string of the molecule is CC(=O)Nc1ccc(C)c(C(=O)[O-])c1. The van der Waals surface area contributed by atoms with Gasteiger partial charge in [0.05, 0.1) is 5.97 Å².